The molecule has 0 spiro atoms. The van der Waals surface area contributed by atoms with Crippen molar-refractivity contribution in [1.82, 2.24) is 10.2 Å². The molecule has 2 fully saturated rings. The number of fused-ring (bicyclic) bond motifs is 1. The summed E-state index contributed by atoms with van der Waals surface area (Å²) in [6.45, 7) is 8.77. The van der Waals surface area contributed by atoms with Gasteiger partial charge in [-0.25, -0.2) is 0 Å². The van der Waals surface area contributed by atoms with Gasteiger partial charge in [0.05, 0.1) is 12.7 Å². The molecule has 15 heavy (non-hydrogen) atoms. The third-order valence-corrected chi connectivity index (χ3v) is 3.55. The molecule has 1 saturated heterocycles. The third kappa shape index (κ3) is 2.92. The first-order valence-corrected chi connectivity index (χ1v) is 6.36. The van der Waals surface area contributed by atoms with Crippen molar-refractivity contribution >= 4 is 0 Å². The summed E-state index contributed by atoms with van der Waals surface area (Å²) in [5.74, 6) is 0. The van der Waals surface area contributed by atoms with E-state index in [9.17, 15) is 0 Å². The SMILES string of the molecule is CC(C)NCCN1CCOC2CCCC21. The molecule has 1 aliphatic heterocycles. The highest BCUT2D eigenvalue weighted by Gasteiger charge is 2.35. The Bertz CT molecular complexity index is 196. The Morgan fingerprint density at radius 1 is 1.40 bits per heavy atom. The monoisotopic (exact) mass is 212 g/mol. The van der Waals surface area contributed by atoms with Crippen LogP contribution in [0.3, 0.4) is 0 Å². The number of hydrogen-bond acceptors (Lipinski definition) is 3. The summed E-state index contributed by atoms with van der Waals surface area (Å²) >= 11 is 0. The molecule has 88 valence electrons. The quantitative estimate of drug-likeness (QED) is 0.759. The van der Waals surface area contributed by atoms with Gasteiger partial charge in [-0.05, 0) is 19.3 Å². The zero-order valence-electron chi connectivity index (χ0n) is 10.0. The Labute approximate surface area is 93.2 Å². The molecule has 2 unspecified atom stereocenters. The predicted octanol–water partition coefficient (Wildman–Crippen LogP) is 1.24. The van der Waals surface area contributed by atoms with Crippen LogP contribution in [-0.4, -0.2) is 49.3 Å². The fourth-order valence-corrected chi connectivity index (χ4v) is 2.78. The first kappa shape index (κ1) is 11.4. The fraction of sp³-hybridized carbons (Fsp3) is 1.00. The van der Waals surface area contributed by atoms with Crippen LogP contribution in [0, 0.1) is 0 Å². The van der Waals surface area contributed by atoms with Gasteiger partial charge in [0.2, 0.25) is 0 Å². The predicted molar refractivity (Wildman–Crippen MR) is 62.1 cm³/mol. The van der Waals surface area contributed by atoms with Crippen LogP contribution in [0.5, 0.6) is 0 Å². The van der Waals surface area contributed by atoms with E-state index >= 15 is 0 Å². The summed E-state index contributed by atoms with van der Waals surface area (Å²) in [6.07, 6.45) is 4.51. The van der Waals surface area contributed by atoms with Crippen LogP contribution >= 0.6 is 0 Å². The smallest absolute Gasteiger partial charge is 0.0730 e. The summed E-state index contributed by atoms with van der Waals surface area (Å²) in [5, 5.41) is 3.49. The van der Waals surface area contributed by atoms with Gasteiger partial charge >= 0.3 is 0 Å². The second kappa shape index (κ2) is 5.28. The standard InChI is InChI=1S/C12H24N2O/c1-10(2)13-6-7-14-8-9-15-12-5-3-4-11(12)14/h10-13H,3-9H2,1-2H3. The van der Waals surface area contributed by atoms with Crippen LogP contribution in [0.15, 0.2) is 0 Å². The van der Waals surface area contributed by atoms with Gasteiger partial charge in [0.15, 0.2) is 0 Å². The number of morpholine rings is 1. The molecule has 0 aromatic rings. The molecule has 0 aromatic carbocycles. The van der Waals surface area contributed by atoms with E-state index in [1.54, 1.807) is 0 Å². The van der Waals surface area contributed by atoms with Crippen molar-refractivity contribution in [2.75, 3.05) is 26.2 Å². The van der Waals surface area contributed by atoms with E-state index in [-0.39, 0.29) is 0 Å². The Balaban J connectivity index is 1.75. The van der Waals surface area contributed by atoms with Crippen LogP contribution in [0.25, 0.3) is 0 Å². The van der Waals surface area contributed by atoms with E-state index in [1.165, 1.54) is 25.8 Å². The number of hydrogen-bond donors (Lipinski definition) is 1. The first-order valence-electron chi connectivity index (χ1n) is 6.36. The molecule has 3 nitrogen and oxygen atoms in total. The zero-order valence-corrected chi connectivity index (χ0v) is 10.0. The molecule has 1 aliphatic carbocycles. The number of nitrogens with zero attached hydrogens (tertiary/aromatic N) is 1. The highest BCUT2D eigenvalue weighted by Crippen LogP contribution is 2.29. The maximum Gasteiger partial charge on any atom is 0.0730 e. The second-order valence-corrected chi connectivity index (χ2v) is 5.05. The molecule has 3 heteroatoms. The minimum absolute atomic E-state index is 0.540. The lowest BCUT2D eigenvalue weighted by Crippen LogP contribution is -2.50. The van der Waals surface area contributed by atoms with Crippen LogP contribution < -0.4 is 5.32 Å². The highest BCUT2D eigenvalue weighted by atomic mass is 16.5. The Hall–Kier alpha value is -0.120. The second-order valence-electron chi connectivity index (χ2n) is 5.05. The lowest BCUT2D eigenvalue weighted by molar-refractivity contribution is -0.0549. The highest BCUT2D eigenvalue weighted by molar-refractivity contribution is 4.89. The third-order valence-electron chi connectivity index (χ3n) is 3.55. The van der Waals surface area contributed by atoms with Gasteiger partial charge in [-0.15, -0.1) is 0 Å². The fourth-order valence-electron chi connectivity index (χ4n) is 2.78. The Morgan fingerprint density at radius 2 is 2.27 bits per heavy atom. The summed E-state index contributed by atoms with van der Waals surface area (Å²) in [7, 11) is 0. The first-order chi connectivity index (χ1) is 7.27. The summed E-state index contributed by atoms with van der Waals surface area (Å²) < 4.78 is 5.80. The van der Waals surface area contributed by atoms with Crippen molar-refractivity contribution in [2.24, 2.45) is 0 Å². The maximum atomic E-state index is 5.80. The summed E-state index contributed by atoms with van der Waals surface area (Å²) in [5.41, 5.74) is 0. The minimum Gasteiger partial charge on any atom is -0.375 e. The van der Waals surface area contributed by atoms with Crippen LogP contribution in [-0.2, 0) is 4.74 Å². The van der Waals surface area contributed by atoms with Crippen molar-refractivity contribution in [1.29, 1.82) is 0 Å². The molecule has 1 N–H and O–H groups in total. The van der Waals surface area contributed by atoms with E-state index in [1.807, 2.05) is 0 Å². The van der Waals surface area contributed by atoms with Crippen molar-refractivity contribution in [3.05, 3.63) is 0 Å². The van der Waals surface area contributed by atoms with Gasteiger partial charge in [-0.1, -0.05) is 13.8 Å². The average molecular weight is 212 g/mol. The van der Waals surface area contributed by atoms with Crippen LogP contribution in [0.1, 0.15) is 33.1 Å². The van der Waals surface area contributed by atoms with Crippen molar-refractivity contribution in [2.45, 2.75) is 51.3 Å². The molecule has 0 amide bonds. The van der Waals surface area contributed by atoms with Crippen molar-refractivity contribution in [3.8, 4) is 0 Å². The summed E-state index contributed by atoms with van der Waals surface area (Å²) in [4.78, 5) is 2.62. The van der Waals surface area contributed by atoms with Gasteiger partial charge in [-0.2, -0.15) is 0 Å². The topological polar surface area (TPSA) is 24.5 Å². The molecule has 2 atom stereocenters. The molecule has 2 aliphatic rings. The van der Waals surface area contributed by atoms with Gasteiger partial charge in [0, 0.05) is 31.7 Å². The van der Waals surface area contributed by atoms with Gasteiger partial charge in [0.1, 0.15) is 0 Å². The zero-order chi connectivity index (χ0) is 10.7. The number of ether oxygens (including phenoxy) is 1. The van der Waals surface area contributed by atoms with Gasteiger partial charge < -0.3 is 10.1 Å². The molecule has 0 radical (unpaired) electrons. The minimum atomic E-state index is 0.540. The maximum absolute atomic E-state index is 5.80. The Morgan fingerprint density at radius 3 is 3.07 bits per heavy atom. The van der Waals surface area contributed by atoms with Crippen LogP contribution in [0.4, 0.5) is 0 Å². The lowest BCUT2D eigenvalue weighted by atomic mass is 10.1. The van der Waals surface area contributed by atoms with E-state index in [4.69, 9.17) is 4.74 Å². The van der Waals surface area contributed by atoms with E-state index < -0.39 is 0 Å². The number of nitrogens with one attached hydrogen (secondary N) is 1. The lowest BCUT2D eigenvalue weighted by Gasteiger charge is -2.37. The largest absolute Gasteiger partial charge is 0.375 e. The van der Waals surface area contributed by atoms with Gasteiger partial charge in [-0.3, -0.25) is 4.90 Å². The molecule has 1 saturated carbocycles. The molecule has 0 bridgehead atoms. The average Bonchev–Trinajstić information content (AvgIpc) is 2.65. The van der Waals surface area contributed by atoms with E-state index in [0.29, 0.717) is 18.2 Å². The van der Waals surface area contributed by atoms with E-state index in [0.717, 1.165) is 19.7 Å². The molecular weight excluding hydrogens is 188 g/mol. The van der Waals surface area contributed by atoms with Crippen molar-refractivity contribution in [3.63, 3.8) is 0 Å². The normalized spacial score (nSPS) is 32.2. The molecule has 1 heterocycles. The van der Waals surface area contributed by atoms with Crippen molar-refractivity contribution < 1.29 is 4.74 Å². The molecule has 2 rings (SSSR count). The number of rotatable bonds is 4. The molecular formula is C12H24N2O. The van der Waals surface area contributed by atoms with E-state index in [2.05, 4.69) is 24.1 Å². The molecule has 0 aromatic heterocycles. The van der Waals surface area contributed by atoms with Crippen LogP contribution in [0.2, 0.25) is 0 Å². The Kier molecular flexibility index (Phi) is 4.00. The van der Waals surface area contributed by atoms with Gasteiger partial charge in [0.25, 0.3) is 0 Å². The summed E-state index contributed by atoms with van der Waals surface area (Å²) in [6, 6.07) is 1.32.